The standard InChI is InChI=1S/4C8H18O2.2H2O.2Ti/c4*1-4-5-8(6(2)9)7(3)10;;;;/h4*6-10H,4-5H2,1-3H3;2*1H2;;. The van der Waals surface area contributed by atoms with Gasteiger partial charge in [0.15, 0.2) is 0 Å². The summed E-state index contributed by atoms with van der Waals surface area (Å²) in [6.07, 6.45) is 4.54. The van der Waals surface area contributed by atoms with Gasteiger partial charge in [-0.15, -0.1) is 0 Å². The Morgan fingerprint density at radius 1 is 0.295 bits per heavy atom. The van der Waals surface area contributed by atoms with Crippen molar-refractivity contribution in [3.05, 3.63) is 0 Å². The van der Waals surface area contributed by atoms with Gasteiger partial charge in [-0.2, -0.15) is 0 Å². The third-order valence-corrected chi connectivity index (χ3v) is 7.45. The van der Waals surface area contributed by atoms with Crippen LogP contribution < -0.4 is 0 Å². The second-order valence-electron chi connectivity index (χ2n) is 11.7. The molecule has 0 aromatic rings. The van der Waals surface area contributed by atoms with Gasteiger partial charge in [-0.05, 0) is 81.1 Å². The van der Waals surface area contributed by atoms with Crippen LogP contribution in [-0.2, 0) is 43.4 Å². The van der Waals surface area contributed by atoms with E-state index >= 15 is 0 Å². The molecule has 0 spiro atoms. The van der Waals surface area contributed by atoms with Gasteiger partial charge in [-0.1, -0.05) is 53.4 Å². The summed E-state index contributed by atoms with van der Waals surface area (Å²) in [6.45, 7) is 22.0. The van der Waals surface area contributed by atoms with Crippen molar-refractivity contribution in [1.82, 2.24) is 0 Å². The van der Waals surface area contributed by atoms with Crippen molar-refractivity contribution in [3.63, 3.8) is 0 Å². The van der Waals surface area contributed by atoms with Gasteiger partial charge in [0.2, 0.25) is 0 Å². The second-order valence-corrected chi connectivity index (χ2v) is 11.7. The van der Waals surface area contributed by atoms with E-state index in [1.807, 2.05) is 0 Å². The van der Waals surface area contributed by atoms with Crippen LogP contribution in [0.4, 0.5) is 0 Å². The van der Waals surface area contributed by atoms with Crippen LogP contribution in [0.5, 0.6) is 0 Å². The van der Waals surface area contributed by atoms with Crippen LogP contribution in [-0.4, -0.2) is 101 Å². The number of aliphatic hydroxyl groups excluding tert-OH is 8. The van der Waals surface area contributed by atoms with E-state index in [1.54, 1.807) is 55.4 Å². The minimum Gasteiger partial charge on any atom is -0.412 e. The van der Waals surface area contributed by atoms with E-state index in [2.05, 4.69) is 27.7 Å². The van der Waals surface area contributed by atoms with Gasteiger partial charge in [-0.25, -0.2) is 0 Å². The molecule has 0 bridgehead atoms. The van der Waals surface area contributed by atoms with Gasteiger partial charge >= 0.3 is 0 Å². The Hall–Kier alpha value is 1.03. The Labute approximate surface area is 300 Å². The zero-order chi connectivity index (χ0) is 32.6. The van der Waals surface area contributed by atoms with Crippen molar-refractivity contribution in [2.24, 2.45) is 23.7 Å². The van der Waals surface area contributed by atoms with Gasteiger partial charge in [0.05, 0.1) is 48.8 Å². The molecule has 8 atom stereocenters. The van der Waals surface area contributed by atoms with Crippen LogP contribution in [0.1, 0.15) is 134 Å². The van der Waals surface area contributed by atoms with Crippen LogP contribution in [0.2, 0.25) is 0 Å². The molecule has 0 aliphatic carbocycles. The molecule has 12 N–H and O–H groups in total. The molecule has 12 heteroatoms. The zero-order valence-electron chi connectivity index (χ0n) is 30.2. The van der Waals surface area contributed by atoms with Crippen LogP contribution in [0, 0.1) is 23.7 Å². The monoisotopic (exact) mass is 716 g/mol. The van der Waals surface area contributed by atoms with Crippen molar-refractivity contribution in [3.8, 4) is 0 Å². The Kier molecular flexibility index (Phi) is 58.2. The molecule has 8 unspecified atom stereocenters. The van der Waals surface area contributed by atoms with E-state index in [1.165, 1.54) is 0 Å². The maximum absolute atomic E-state index is 9.15. The fourth-order valence-corrected chi connectivity index (χ4v) is 4.88. The first-order valence-corrected chi connectivity index (χ1v) is 15.8. The number of hydrogen-bond donors (Lipinski definition) is 8. The normalized spacial score (nSPS) is 18.3. The van der Waals surface area contributed by atoms with Gasteiger partial charge in [-0.3, -0.25) is 0 Å². The number of aliphatic hydroxyl groups is 8. The molecule has 0 saturated heterocycles. The third-order valence-electron chi connectivity index (χ3n) is 7.45. The minimum atomic E-state index is -0.389. The van der Waals surface area contributed by atoms with Crippen molar-refractivity contribution in [2.75, 3.05) is 0 Å². The molecule has 272 valence electrons. The third kappa shape index (κ3) is 37.5. The molecule has 0 aromatic carbocycles. The number of hydrogen-bond acceptors (Lipinski definition) is 8. The summed E-state index contributed by atoms with van der Waals surface area (Å²) in [7, 11) is 0. The molecular formula is C32H76O10Ti2. The molecule has 0 radical (unpaired) electrons. The molecule has 0 heterocycles. The first-order chi connectivity index (χ1) is 18.4. The zero-order valence-corrected chi connectivity index (χ0v) is 33.3. The predicted molar refractivity (Wildman–Crippen MR) is 174 cm³/mol. The van der Waals surface area contributed by atoms with Crippen LogP contribution >= 0.6 is 0 Å². The van der Waals surface area contributed by atoms with E-state index in [9.17, 15) is 0 Å². The Balaban J connectivity index is -0.0000000635. The SMILES string of the molecule is CCCC(C(C)O)C(C)O.CCCC(C(C)O)C(C)O.CCCC(C(C)O)C(C)O.CCCC(C(C)O)C(C)O.O.O.[Ti].[Ti]. The fraction of sp³-hybridized carbons (Fsp3) is 1.00. The molecule has 0 fully saturated rings. The molecule has 44 heavy (non-hydrogen) atoms. The molecule has 0 rings (SSSR count). The molecule has 0 amide bonds. The molecule has 0 aliphatic rings. The summed E-state index contributed by atoms with van der Waals surface area (Å²) in [6, 6.07) is 0. The minimum absolute atomic E-state index is 0. The summed E-state index contributed by atoms with van der Waals surface area (Å²) >= 11 is 0. The van der Waals surface area contributed by atoms with E-state index in [4.69, 9.17) is 40.9 Å². The summed E-state index contributed by atoms with van der Waals surface area (Å²) in [5.74, 6) is 0.185. The van der Waals surface area contributed by atoms with Gasteiger partial charge in [0.25, 0.3) is 0 Å². The predicted octanol–water partition coefficient (Wildman–Crippen LogP) is 3.00. The molecule has 0 aliphatic heterocycles. The second kappa shape index (κ2) is 40.2. The van der Waals surface area contributed by atoms with Gasteiger partial charge in [0, 0.05) is 67.1 Å². The Bertz CT molecular complexity index is 389. The van der Waals surface area contributed by atoms with Gasteiger partial charge in [0.1, 0.15) is 0 Å². The largest absolute Gasteiger partial charge is 0.412 e. The van der Waals surface area contributed by atoms with E-state index < -0.39 is 0 Å². The maximum atomic E-state index is 9.15. The van der Waals surface area contributed by atoms with Crippen LogP contribution in [0.25, 0.3) is 0 Å². The van der Waals surface area contributed by atoms with Crippen molar-refractivity contribution in [1.29, 1.82) is 0 Å². The van der Waals surface area contributed by atoms with E-state index in [0.717, 1.165) is 51.4 Å². The molecule has 0 saturated carbocycles. The van der Waals surface area contributed by atoms with E-state index in [-0.39, 0.29) is 127 Å². The van der Waals surface area contributed by atoms with E-state index in [0.29, 0.717) is 0 Å². The Morgan fingerprint density at radius 2 is 0.386 bits per heavy atom. The summed E-state index contributed by atoms with van der Waals surface area (Å²) < 4.78 is 0. The Morgan fingerprint density at radius 3 is 0.409 bits per heavy atom. The first-order valence-electron chi connectivity index (χ1n) is 15.8. The van der Waals surface area contributed by atoms with Crippen LogP contribution in [0.15, 0.2) is 0 Å². The number of rotatable bonds is 16. The average molecular weight is 717 g/mol. The summed E-state index contributed by atoms with van der Waals surface area (Å²) in [5, 5.41) is 73.2. The molecule has 10 nitrogen and oxygen atoms in total. The fourth-order valence-electron chi connectivity index (χ4n) is 4.88. The molecule has 0 aromatic heterocycles. The summed E-state index contributed by atoms with van der Waals surface area (Å²) in [5.41, 5.74) is 0. The first kappa shape index (κ1) is 63.7. The topological polar surface area (TPSA) is 225 Å². The average Bonchev–Trinajstić information content (AvgIpc) is 2.82. The van der Waals surface area contributed by atoms with Crippen LogP contribution in [0.3, 0.4) is 0 Å². The van der Waals surface area contributed by atoms with Crippen molar-refractivity contribution < 1.29 is 95.2 Å². The summed E-state index contributed by atoms with van der Waals surface area (Å²) in [4.78, 5) is 0. The maximum Gasteiger partial charge on any atom is 0.0564 e. The molecular weight excluding hydrogens is 640 g/mol. The smallest absolute Gasteiger partial charge is 0.0564 e. The van der Waals surface area contributed by atoms with Crippen molar-refractivity contribution in [2.45, 2.75) is 183 Å². The van der Waals surface area contributed by atoms with Gasteiger partial charge < -0.3 is 51.8 Å². The quantitative estimate of drug-likeness (QED) is 0.111. The van der Waals surface area contributed by atoms with Crippen molar-refractivity contribution >= 4 is 0 Å².